The molecule has 0 unspecified atom stereocenters. The van der Waals surface area contributed by atoms with Crippen LogP contribution in [0.25, 0.3) is 5.57 Å². The molecule has 1 fully saturated rings. The van der Waals surface area contributed by atoms with Crippen molar-refractivity contribution in [1.82, 2.24) is 0 Å². The molecule has 3 rings (SSSR count). The molecule has 1 aliphatic heterocycles. The molecule has 0 saturated heterocycles. The fourth-order valence-electron chi connectivity index (χ4n) is 3.55. The number of esters is 1. The van der Waals surface area contributed by atoms with Crippen LogP contribution in [0.5, 0.6) is 0 Å². The van der Waals surface area contributed by atoms with Gasteiger partial charge < -0.3 is 9.47 Å². The highest BCUT2D eigenvalue weighted by atomic mass is 35.5. The number of carbonyl (C=O) groups is 1. The Morgan fingerprint density at radius 1 is 1.19 bits per heavy atom. The monoisotopic (exact) mass is 396 g/mol. The maximum atomic E-state index is 12.8. The van der Waals surface area contributed by atoms with Crippen molar-refractivity contribution in [2.75, 3.05) is 6.61 Å². The fourth-order valence-corrected chi connectivity index (χ4v) is 4.05. The Morgan fingerprint density at radius 3 is 2.50 bits per heavy atom. The van der Waals surface area contributed by atoms with Gasteiger partial charge in [0.25, 0.3) is 0 Å². The van der Waals surface area contributed by atoms with E-state index in [1.165, 1.54) is 0 Å². The maximum Gasteiger partial charge on any atom is 0.343 e. The molecule has 142 valence electrons. The summed E-state index contributed by atoms with van der Waals surface area (Å²) in [7, 11) is 0. The second-order valence-electron chi connectivity index (χ2n) is 8.08. The molecule has 1 aromatic carbocycles. The molecule has 0 bridgehead atoms. The molecule has 1 saturated carbocycles. The zero-order chi connectivity index (χ0) is 18.9. The topological polar surface area (TPSA) is 35.5 Å². The molecule has 0 atom stereocenters. The highest BCUT2D eigenvalue weighted by Gasteiger charge is 2.50. The molecule has 0 aromatic heterocycles. The standard InChI is InChI=1S/C21H26Cl2O3/c1-4-20(2,3)13-25-18-17(15-9-8-14(22)12-16(15)23)19(24)26-21(18)10-6-5-7-11-21/h8-9,12H,4-7,10-11,13H2,1-3H3. The lowest BCUT2D eigenvalue weighted by Gasteiger charge is -2.35. The van der Waals surface area contributed by atoms with Crippen LogP contribution in [0.1, 0.15) is 64.9 Å². The van der Waals surface area contributed by atoms with Crippen molar-refractivity contribution in [3.8, 4) is 0 Å². The van der Waals surface area contributed by atoms with Crippen LogP contribution in [-0.2, 0) is 14.3 Å². The van der Waals surface area contributed by atoms with Gasteiger partial charge in [-0.2, -0.15) is 0 Å². The van der Waals surface area contributed by atoms with Crippen molar-refractivity contribution < 1.29 is 14.3 Å². The molecular weight excluding hydrogens is 371 g/mol. The van der Waals surface area contributed by atoms with E-state index >= 15 is 0 Å². The van der Waals surface area contributed by atoms with Crippen LogP contribution in [0.2, 0.25) is 10.0 Å². The quantitative estimate of drug-likeness (QED) is 0.538. The summed E-state index contributed by atoms with van der Waals surface area (Å²) in [6.45, 7) is 6.99. The first-order chi connectivity index (χ1) is 12.3. The van der Waals surface area contributed by atoms with E-state index in [0.29, 0.717) is 33.5 Å². The van der Waals surface area contributed by atoms with Crippen molar-refractivity contribution in [1.29, 1.82) is 0 Å². The highest BCUT2D eigenvalue weighted by molar-refractivity contribution is 6.37. The van der Waals surface area contributed by atoms with Crippen LogP contribution in [0.15, 0.2) is 24.0 Å². The molecule has 2 aliphatic rings. The molecule has 0 N–H and O–H groups in total. The van der Waals surface area contributed by atoms with Gasteiger partial charge in [0.15, 0.2) is 11.4 Å². The van der Waals surface area contributed by atoms with Crippen molar-refractivity contribution in [3.05, 3.63) is 39.6 Å². The van der Waals surface area contributed by atoms with Crippen molar-refractivity contribution in [2.45, 2.75) is 64.9 Å². The zero-order valence-electron chi connectivity index (χ0n) is 15.7. The molecule has 1 aliphatic carbocycles. The highest BCUT2D eigenvalue weighted by Crippen LogP contribution is 2.48. The predicted octanol–water partition coefficient (Wildman–Crippen LogP) is 6.42. The molecule has 1 heterocycles. The minimum absolute atomic E-state index is 0.0173. The predicted molar refractivity (Wildman–Crippen MR) is 105 cm³/mol. The molecule has 1 spiro atoms. The third-order valence-corrected chi connectivity index (χ3v) is 6.11. The van der Waals surface area contributed by atoms with Gasteiger partial charge in [-0.05, 0) is 49.7 Å². The third kappa shape index (κ3) is 3.75. The second kappa shape index (κ2) is 7.44. The van der Waals surface area contributed by atoms with Crippen LogP contribution in [-0.4, -0.2) is 18.2 Å². The van der Waals surface area contributed by atoms with Crippen LogP contribution in [0, 0.1) is 5.41 Å². The van der Waals surface area contributed by atoms with Crippen molar-refractivity contribution in [2.24, 2.45) is 5.41 Å². The minimum Gasteiger partial charge on any atom is -0.492 e. The first kappa shape index (κ1) is 19.6. The number of rotatable bonds is 5. The Morgan fingerprint density at radius 2 is 1.88 bits per heavy atom. The summed E-state index contributed by atoms with van der Waals surface area (Å²) >= 11 is 12.4. The summed E-state index contributed by atoms with van der Waals surface area (Å²) in [5.41, 5.74) is 0.467. The van der Waals surface area contributed by atoms with Crippen LogP contribution in [0.4, 0.5) is 0 Å². The van der Waals surface area contributed by atoms with Crippen LogP contribution < -0.4 is 0 Å². The molecule has 3 nitrogen and oxygen atoms in total. The Balaban J connectivity index is 2.07. The summed E-state index contributed by atoms with van der Waals surface area (Å²) in [6.07, 6.45) is 5.80. The van der Waals surface area contributed by atoms with E-state index in [9.17, 15) is 4.79 Å². The van der Waals surface area contributed by atoms with Crippen LogP contribution >= 0.6 is 23.2 Å². The molecule has 1 aromatic rings. The van der Waals surface area contributed by atoms with E-state index in [2.05, 4.69) is 20.8 Å². The minimum atomic E-state index is -0.641. The SMILES string of the molecule is CCC(C)(C)COC1=C(c2ccc(Cl)cc2Cl)C(=O)OC12CCCCC2. The van der Waals surface area contributed by atoms with Gasteiger partial charge in [-0.1, -0.05) is 56.5 Å². The summed E-state index contributed by atoms with van der Waals surface area (Å²) in [5.74, 6) is 0.313. The number of hydrogen-bond donors (Lipinski definition) is 0. The first-order valence-electron chi connectivity index (χ1n) is 9.34. The number of ether oxygens (including phenoxy) is 2. The molecule has 5 heteroatoms. The lowest BCUT2D eigenvalue weighted by Crippen LogP contribution is -2.36. The van der Waals surface area contributed by atoms with E-state index in [-0.39, 0.29) is 11.4 Å². The van der Waals surface area contributed by atoms with Gasteiger partial charge in [-0.3, -0.25) is 0 Å². The summed E-state index contributed by atoms with van der Waals surface area (Å²) in [5, 5.41) is 0.973. The normalized spacial score (nSPS) is 19.8. The van der Waals surface area contributed by atoms with E-state index in [0.717, 1.165) is 38.5 Å². The number of halogens is 2. The summed E-state index contributed by atoms with van der Waals surface area (Å²) in [6, 6.07) is 5.16. The zero-order valence-corrected chi connectivity index (χ0v) is 17.2. The van der Waals surface area contributed by atoms with Gasteiger partial charge in [0.05, 0.1) is 11.6 Å². The Hall–Kier alpha value is -1.19. The first-order valence-corrected chi connectivity index (χ1v) is 10.1. The largest absolute Gasteiger partial charge is 0.492 e. The lowest BCUT2D eigenvalue weighted by atomic mass is 9.82. The van der Waals surface area contributed by atoms with Gasteiger partial charge in [0, 0.05) is 10.6 Å². The average molecular weight is 397 g/mol. The fraction of sp³-hybridized carbons (Fsp3) is 0.571. The van der Waals surface area contributed by atoms with Gasteiger partial charge in [0.2, 0.25) is 0 Å². The van der Waals surface area contributed by atoms with Crippen LogP contribution in [0.3, 0.4) is 0 Å². The van der Waals surface area contributed by atoms with Crippen molar-refractivity contribution >= 4 is 34.7 Å². The third-order valence-electron chi connectivity index (χ3n) is 5.56. The number of benzene rings is 1. The molecular formula is C21H26Cl2O3. The second-order valence-corrected chi connectivity index (χ2v) is 8.92. The van der Waals surface area contributed by atoms with Gasteiger partial charge in [0.1, 0.15) is 5.57 Å². The lowest BCUT2D eigenvalue weighted by molar-refractivity contribution is -0.150. The van der Waals surface area contributed by atoms with E-state index in [1.54, 1.807) is 18.2 Å². The van der Waals surface area contributed by atoms with Gasteiger partial charge in [-0.15, -0.1) is 0 Å². The molecule has 0 radical (unpaired) electrons. The van der Waals surface area contributed by atoms with Crippen molar-refractivity contribution in [3.63, 3.8) is 0 Å². The average Bonchev–Trinajstić information content (AvgIpc) is 2.85. The Kier molecular flexibility index (Phi) is 5.60. The summed E-state index contributed by atoms with van der Waals surface area (Å²) < 4.78 is 12.2. The van der Waals surface area contributed by atoms with Gasteiger partial charge >= 0.3 is 5.97 Å². The smallest absolute Gasteiger partial charge is 0.343 e. The Labute approximate surface area is 165 Å². The van der Waals surface area contributed by atoms with E-state index in [1.807, 2.05) is 0 Å². The Bertz CT molecular complexity index is 731. The van der Waals surface area contributed by atoms with E-state index < -0.39 is 5.60 Å². The van der Waals surface area contributed by atoms with E-state index in [4.69, 9.17) is 32.7 Å². The maximum absolute atomic E-state index is 12.8. The number of hydrogen-bond acceptors (Lipinski definition) is 3. The summed E-state index contributed by atoms with van der Waals surface area (Å²) in [4.78, 5) is 12.8. The molecule has 0 amide bonds. The number of carbonyl (C=O) groups excluding carboxylic acids is 1. The van der Waals surface area contributed by atoms with Gasteiger partial charge in [-0.25, -0.2) is 4.79 Å². The molecule has 26 heavy (non-hydrogen) atoms.